The van der Waals surface area contributed by atoms with Crippen molar-refractivity contribution in [3.63, 3.8) is 0 Å². The minimum atomic E-state index is -0.260. The highest BCUT2D eigenvalue weighted by atomic mass is 35.5. The second kappa shape index (κ2) is 5.42. The number of hydrogen-bond acceptors (Lipinski definition) is 3. The predicted octanol–water partition coefficient (Wildman–Crippen LogP) is 3.22. The molecule has 4 nitrogen and oxygen atoms in total. The summed E-state index contributed by atoms with van der Waals surface area (Å²) >= 11 is 11.6. The molecule has 1 aromatic carbocycles. The Labute approximate surface area is 114 Å². The Bertz CT molecular complexity index is 581. The standard InChI is InChI=1S/C12H10Cl2N2O2/c1-7-5-15-11(18-7)6-16-12(17)8-2-3-9(13)10(14)4-8/h2-5H,6H2,1H3,(H,16,17). The molecule has 1 amide bonds. The monoisotopic (exact) mass is 284 g/mol. The molecule has 0 saturated heterocycles. The molecular formula is C12H10Cl2N2O2. The van der Waals surface area contributed by atoms with E-state index in [4.69, 9.17) is 27.6 Å². The molecule has 0 atom stereocenters. The minimum Gasteiger partial charge on any atom is -0.444 e. The largest absolute Gasteiger partial charge is 0.444 e. The van der Waals surface area contributed by atoms with Crippen molar-refractivity contribution in [2.75, 3.05) is 0 Å². The van der Waals surface area contributed by atoms with Gasteiger partial charge in [-0.3, -0.25) is 4.79 Å². The van der Waals surface area contributed by atoms with Gasteiger partial charge in [-0.25, -0.2) is 4.98 Å². The molecule has 0 bridgehead atoms. The molecule has 0 unspecified atom stereocenters. The molecule has 0 saturated carbocycles. The van der Waals surface area contributed by atoms with Gasteiger partial charge in [-0.2, -0.15) is 0 Å². The number of nitrogens with zero attached hydrogens (tertiary/aromatic N) is 1. The maximum absolute atomic E-state index is 11.8. The van der Waals surface area contributed by atoms with Crippen LogP contribution in [0.2, 0.25) is 10.0 Å². The molecule has 0 aliphatic rings. The summed E-state index contributed by atoms with van der Waals surface area (Å²) in [5, 5.41) is 3.44. The van der Waals surface area contributed by atoms with Gasteiger partial charge in [-0.05, 0) is 25.1 Å². The van der Waals surface area contributed by atoms with Gasteiger partial charge in [0.05, 0.1) is 22.8 Å². The third-order valence-electron chi connectivity index (χ3n) is 2.25. The van der Waals surface area contributed by atoms with Crippen LogP contribution in [0.5, 0.6) is 0 Å². The maximum Gasteiger partial charge on any atom is 0.251 e. The van der Waals surface area contributed by atoms with Crippen molar-refractivity contribution in [1.29, 1.82) is 0 Å². The van der Waals surface area contributed by atoms with Gasteiger partial charge in [-0.15, -0.1) is 0 Å². The average molecular weight is 285 g/mol. The molecule has 1 N–H and O–H groups in total. The Morgan fingerprint density at radius 3 is 2.78 bits per heavy atom. The van der Waals surface area contributed by atoms with Gasteiger partial charge in [0, 0.05) is 5.56 Å². The highest BCUT2D eigenvalue weighted by molar-refractivity contribution is 6.42. The Kier molecular flexibility index (Phi) is 3.89. The fourth-order valence-electron chi connectivity index (χ4n) is 1.38. The van der Waals surface area contributed by atoms with Crippen LogP contribution >= 0.6 is 23.2 Å². The van der Waals surface area contributed by atoms with E-state index >= 15 is 0 Å². The van der Waals surface area contributed by atoms with Crippen molar-refractivity contribution < 1.29 is 9.21 Å². The van der Waals surface area contributed by atoms with Crippen molar-refractivity contribution in [2.45, 2.75) is 13.5 Å². The summed E-state index contributed by atoms with van der Waals surface area (Å²) in [5.74, 6) is 0.902. The zero-order valence-corrected chi connectivity index (χ0v) is 11.0. The van der Waals surface area contributed by atoms with Crippen LogP contribution in [0.3, 0.4) is 0 Å². The number of carbonyl (C=O) groups excluding carboxylic acids is 1. The summed E-state index contributed by atoms with van der Waals surface area (Å²) in [5.41, 5.74) is 0.438. The summed E-state index contributed by atoms with van der Waals surface area (Å²) in [6, 6.07) is 4.69. The summed E-state index contributed by atoms with van der Waals surface area (Å²) < 4.78 is 5.24. The third-order valence-corrected chi connectivity index (χ3v) is 2.99. The minimum absolute atomic E-state index is 0.229. The Morgan fingerprint density at radius 2 is 2.17 bits per heavy atom. The van der Waals surface area contributed by atoms with Gasteiger partial charge in [0.15, 0.2) is 0 Å². The van der Waals surface area contributed by atoms with Crippen LogP contribution in [0.4, 0.5) is 0 Å². The van der Waals surface area contributed by atoms with E-state index in [-0.39, 0.29) is 12.5 Å². The van der Waals surface area contributed by atoms with Crippen LogP contribution in [0, 0.1) is 6.92 Å². The topological polar surface area (TPSA) is 55.1 Å². The molecule has 6 heteroatoms. The lowest BCUT2D eigenvalue weighted by Crippen LogP contribution is -2.22. The summed E-state index contributed by atoms with van der Waals surface area (Å²) in [6.45, 7) is 2.02. The molecule has 0 radical (unpaired) electrons. The van der Waals surface area contributed by atoms with Gasteiger partial charge in [0.2, 0.25) is 5.89 Å². The summed E-state index contributed by atoms with van der Waals surface area (Å²) in [6.07, 6.45) is 1.60. The van der Waals surface area contributed by atoms with E-state index in [1.54, 1.807) is 25.3 Å². The maximum atomic E-state index is 11.8. The lowest BCUT2D eigenvalue weighted by Gasteiger charge is -2.04. The van der Waals surface area contributed by atoms with E-state index in [0.717, 1.165) is 0 Å². The zero-order chi connectivity index (χ0) is 13.1. The first-order valence-electron chi connectivity index (χ1n) is 5.21. The fraction of sp³-hybridized carbons (Fsp3) is 0.167. The van der Waals surface area contributed by atoms with Crippen molar-refractivity contribution in [1.82, 2.24) is 10.3 Å². The van der Waals surface area contributed by atoms with Crippen LogP contribution < -0.4 is 5.32 Å². The number of nitrogens with one attached hydrogen (secondary N) is 1. The van der Waals surface area contributed by atoms with E-state index in [1.165, 1.54) is 6.07 Å². The summed E-state index contributed by atoms with van der Waals surface area (Å²) in [4.78, 5) is 15.8. The molecule has 0 spiro atoms. The highest BCUT2D eigenvalue weighted by Crippen LogP contribution is 2.22. The zero-order valence-electron chi connectivity index (χ0n) is 9.54. The molecule has 2 rings (SSSR count). The molecule has 1 heterocycles. The normalized spacial score (nSPS) is 10.4. The van der Waals surface area contributed by atoms with Crippen molar-refractivity contribution in [2.24, 2.45) is 0 Å². The number of aryl methyl sites for hydroxylation is 1. The molecule has 0 aliphatic carbocycles. The van der Waals surface area contributed by atoms with Crippen LogP contribution in [-0.4, -0.2) is 10.9 Å². The van der Waals surface area contributed by atoms with E-state index in [2.05, 4.69) is 10.3 Å². The first kappa shape index (κ1) is 12.9. The molecule has 94 valence electrons. The SMILES string of the molecule is Cc1cnc(CNC(=O)c2ccc(Cl)c(Cl)c2)o1. The van der Waals surface area contributed by atoms with E-state index in [1.807, 2.05) is 0 Å². The van der Waals surface area contributed by atoms with Crippen LogP contribution in [0.25, 0.3) is 0 Å². The number of aromatic nitrogens is 1. The van der Waals surface area contributed by atoms with Crippen LogP contribution in [0.1, 0.15) is 22.0 Å². The van der Waals surface area contributed by atoms with Gasteiger partial charge >= 0.3 is 0 Å². The number of carbonyl (C=O) groups is 1. The number of amides is 1. The van der Waals surface area contributed by atoms with Gasteiger partial charge in [-0.1, -0.05) is 23.2 Å². The first-order valence-corrected chi connectivity index (χ1v) is 5.96. The van der Waals surface area contributed by atoms with E-state index in [9.17, 15) is 4.79 Å². The lowest BCUT2D eigenvalue weighted by molar-refractivity contribution is 0.0947. The quantitative estimate of drug-likeness (QED) is 0.942. The Balaban J connectivity index is 2.01. The Hall–Kier alpha value is -1.52. The number of oxazole rings is 1. The predicted molar refractivity (Wildman–Crippen MR) is 68.9 cm³/mol. The number of benzene rings is 1. The fourth-order valence-corrected chi connectivity index (χ4v) is 1.68. The van der Waals surface area contributed by atoms with Gasteiger partial charge in [0.1, 0.15) is 5.76 Å². The second-order valence-electron chi connectivity index (χ2n) is 3.68. The number of hydrogen-bond donors (Lipinski definition) is 1. The van der Waals surface area contributed by atoms with Gasteiger partial charge < -0.3 is 9.73 Å². The summed E-state index contributed by atoms with van der Waals surface area (Å²) in [7, 11) is 0. The molecule has 0 fully saturated rings. The van der Waals surface area contributed by atoms with E-state index < -0.39 is 0 Å². The van der Waals surface area contributed by atoms with Crippen LogP contribution in [0.15, 0.2) is 28.8 Å². The third kappa shape index (κ3) is 3.03. The highest BCUT2D eigenvalue weighted by Gasteiger charge is 2.09. The number of halogens is 2. The van der Waals surface area contributed by atoms with Crippen molar-refractivity contribution in [3.8, 4) is 0 Å². The molecule has 0 aliphatic heterocycles. The molecule has 1 aromatic heterocycles. The molecular weight excluding hydrogens is 275 g/mol. The smallest absolute Gasteiger partial charge is 0.251 e. The van der Waals surface area contributed by atoms with Gasteiger partial charge in [0.25, 0.3) is 5.91 Å². The second-order valence-corrected chi connectivity index (χ2v) is 4.49. The molecule has 18 heavy (non-hydrogen) atoms. The van der Waals surface area contributed by atoms with Crippen molar-refractivity contribution in [3.05, 3.63) is 51.7 Å². The Morgan fingerprint density at radius 1 is 1.39 bits per heavy atom. The average Bonchev–Trinajstić information content (AvgIpc) is 2.75. The van der Waals surface area contributed by atoms with Crippen LogP contribution in [-0.2, 0) is 6.54 Å². The lowest BCUT2D eigenvalue weighted by atomic mass is 10.2. The van der Waals surface area contributed by atoms with Crippen molar-refractivity contribution >= 4 is 29.1 Å². The van der Waals surface area contributed by atoms with E-state index in [0.29, 0.717) is 27.3 Å². The number of rotatable bonds is 3. The first-order chi connectivity index (χ1) is 8.56. The molecule has 2 aromatic rings.